The number of ketones is 1. The van der Waals surface area contributed by atoms with Gasteiger partial charge in [-0.2, -0.15) is 0 Å². The first kappa shape index (κ1) is 14.4. The van der Waals surface area contributed by atoms with Gasteiger partial charge in [0.1, 0.15) is 5.82 Å². The van der Waals surface area contributed by atoms with Crippen molar-refractivity contribution in [1.29, 1.82) is 0 Å². The Kier molecular flexibility index (Phi) is 3.27. The molecular weight excluding hydrogens is 293 g/mol. The molecule has 8 heteroatoms. The van der Waals surface area contributed by atoms with Crippen molar-refractivity contribution in [2.75, 3.05) is 11.4 Å². The quantitative estimate of drug-likeness (QED) is 0.807. The van der Waals surface area contributed by atoms with Crippen molar-refractivity contribution in [2.24, 2.45) is 0 Å². The van der Waals surface area contributed by atoms with Gasteiger partial charge in [0.05, 0.1) is 22.8 Å². The molecule has 1 heterocycles. The summed E-state index contributed by atoms with van der Waals surface area (Å²) in [6.07, 6.45) is 0. The third kappa shape index (κ3) is 2.04. The number of amides is 1. The number of rotatable bonds is 3. The highest BCUT2D eigenvalue weighted by Crippen LogP contribution is 2.37. The second-order valence-electron chi connectivity index (χ2n) is 4.55. The van der Waals surface area contributed by atoms with E-state index in [-0.39, 0.29) is 10.6 Å². The predicted molar refractivity (Wildman–Crippen MR) is 66.4 cm³/mol. The minimum absolute atomic E-state index is 0.114. The molecule has 20 heavy (non-hydrogen) atoms. The molecule has 0 fully saturated rings. The topological polar surface area (TPSA) is 94.9 Å². The number of fused-ring (bicyclic) bond motifs is 1. The molecule has 1 atom stereocenters. The van der Waals surface area contributed by atoms with E-state index in [1.807, 2.05) is 0 Å². The number of Topliss-reactive ketones (excluding diaryl/α,β-unsaturated/α-hetero) is 1. The first-order valence-corrected chi connectivity index (χ1v) is 5.84. The summed E-state index contributed by atoms with van der Waals surface area (Å²) in [5.74, 6) is -4.67. The Morgan fingerprint density at radius 1 is 1.45 bits per heavy atom. The second-order valence-corrected chi connectivity index (χ2v) is 4.96. The SMILES string of the molecule is CC(O)(CN1C(=O)C(=O)c2c(Cl)ccc(F)c21)C(=O)O. The number of anilines is 1. The fraction of sp³-hybridized carbons (Fsp3) is 0.250. The van der Waals surface area contributed by atoms with Crippen LogP contribution in [-0.2, 0) is 9.59 Å². The van der Waals surface area contributed by atoms with E-state index in [4.69, 9.17) is 16.7 Å². The normalized spacial score (nSPS) is 17.1. The smallest absolute Gasteiger partial charge is 0.337 e. The number of aliphatic carboxylic acids is 1. The van der Waals surface area contributed by atoms with Crippen LogP contribution in [0.3, 0.4) is 0 Å². The standard InChI is InChI=1S/C12H9ClFNO5/c1-12(20,11(18)19)4-15-8-6(14)3-2-5(13)7(8)9(16)10(15)17/h2-3,20H,4H2,1H3,(H,18,19). The van der Waals surface area contributed by atoms with Crippen LogP contribution in [-0.4, -0.2) is 40.0 Å². The minimum Gasteiger partial charge on any atom is -0.479 e. The molecule has 1 unspecified atom stereocenters. The van der Waals surface area contributed by atoms with Crippen molar-refractivity contribution < 1.29 is 29.0 Å². The largest absolute Gasteiger partial charge is 0.479 e. The summed E-state index contributed by atoms with van der Waals surface area (Å²) in [5.41, 5.74) is -3.06. The molecule has 1 aromatic rings. The van der Waals surface area contributed by atoms with Gasteiger partial charge >= 0.3 is 5.97 Å². The van der Waals surface area contributed by atoms with Crippen LogP contribution >= 0.6 is 11.6 Å². The zero-order valence-electron chi connectivity index (χ0n) is 10.2. The van der Waals surface area contributed by atoms with E-state index in [0.717, 1.165) is 19.1 Å². The number of halogens is 2. The monoisotopic (exact) mass is 301 g/mol. The Morgan fingerprint density at radius 3 is 2.60 bits per heavy atom. The zero-order chi connectivity index (χ0) is 15.2. The van der Waals surface area contributed by atoms with Gasteiger partial charge in [0.15, 0.2) is 5.60 Å². The molecule has 0 bridgehead atoms. The lowest BCUT2D eigenvalue weighted by Gasteiger charge is -2.25. The van der Waals surface area contributed by atoms with E-state index in [0.29, 0.717) is 4.90 Å². The number of nitrogens with zero attached hydrogens (tertiary/aromatic N) is 1. The lowest BCUT2D eigenvalue weighted by molar-refractivity contribution is -0.155. The first-order valence-electron chi connectivity index (χ1n) is 5.47. The lowest BCUT2D eigenvalue weighted by atomic mass is 10.1. The summed E-state index contributed by atoms with van der Waals surface area (Å²) in [5, 5.41) is 18.4. The molecule has 0 saturated carbocycles. The molecule has 0 radical (unpaired) electrons. The number of benzene rings is 1. The number of carbonyl (C=O) groups is 3. The maximum Gasteiger partial charge on any atom is 0.337 e. The summed E-state index contributed by atoms with van der Waals surface area (Å²) >= 11 is 5.76. The van der Waals surface area contributed by atoms with Crippen LogP contribution in [0.25, 0.3) is 0 Å². The van der Waals surface area contributed by atoms with Crippen LogP contribution in [0.4, 0.5) is 10.1 Å². The molecule has 1 amide bonds. The molecular formula is C12H9ClFNO5. The van der Waals surface area contributed by atoms with E-state index in [2.05, 4.69) is 0 Å². The minimum atomic E-state index is -2.33. The second kappa shape index (κ2) is 4.53. The van der Waals surface area contributed by atoms with Crippen LogP contribution in [0.1, 0.15) is 17.3 Å². The number of aliphatic hydroxyl groups is 1. The molecule has 1 aliphatic heterocycles. The highest BCUT2D eigenvalue weighted by Gasteiger charge is 2.44. The molecule has 2 rings (SSSR count). The third-order valence-corrected chi connectivity index (χ3v) is 3.26. The Balaban J connectivity index is 2.54. The lowest BCUT2D eigenvalue weighted by Crippen LogP contribution is -2.48. The van der Waals surface area contributed by atoms with Crippen molar-refractivity contribution >= 4 is 34.9 Å². The third-order valence-electron chi connectivity index (χ3n) is 2.94. The average Bonchev–Trinajstić information content (AvgIpc) is 2.59. The van der Waals surface area contributed by atoms with Gasteiger partial charge in [-0.1, -0.05) is 11.6 Å². The molecule has 0 aliphatic carbocycles. The van der Waals surface area contributed by atoms with Crippen molar-refractivity contribution in [3.05, 3.63) is 28.5 Å². The van der Waals surface area contributed by atoms with Gasteiger partial charge in [-0.05, 0) is 19.1 Å². The highest BCUT2D eigenvalue weighted by atomic mass is 35.5. The fourth-order valence-corrected chi connectivity index (χ4v) is 2.12. The van der Waals surface area contributed by atoms with Crippen molar-refractivity contribution in [1.82, 2.24) is 0 Å². The van der Waals surface area contributed by atoms with Crippen molar-refractivity contribution in [3.63, 3.8) is 0 Å². The Morgan fingerprint density at radius 2 is 2.05 bits per heavy atom. The van der Waals surface area contributed by atoms with E-state index in [9.17, 15) is 23.9 Å². The van der Waals surface area contributed by atoms with Crippen molar-refractivity contribution in [2.45, 2.75) is 12.5 Å². The average molecular weight is 302 g/mol. The van der Waals surface area contributed by atoms with E-state index < -0.39 is 41.3 Å². The maximum atomic E-state index is 13.8. The molecule has 0 saturated heterocycles. The van der Waals surface area contributed by atoms with Gasteiger partial charge in [0.2, 0.25) is 0 Å². The highest BCUT2D eigenvalue weighted by molar-refractivity contribution is 6.55. The van der Waals surface area contributed by atoms with Gasteiger partial charge in [-0.25, -0.2) is 9.18 Å². The molecule has 1 aromatic carbocycles. The van der Waals surface area contributed by atoms with Crippen LogP contribution in [0, 0.1) is 5.82 Å². The van der Waals surface area contributed by atoms with E-state index >= 15 is 0 Å². The Labute approximate surface area is 117 Å². The van der Waals surface area contributed by atoms with Crippen LogP contribution in [0.5, 0.6) is 0 Å². The Hall–Kier alpha value is -1.99. The molecule has 2 N–H and O–H groups in total. The van der Waals surface area contributed by atoms with E-state index in [1.54, 1.807) is 0 Å². The van der Waals surface area contributed by atoms with Gasteiger partial charge in [0.25, 0.3) is 11.7 Å². The summed E-state index contributed by atoms with van der Waals surface area (Å²) in [4.78, 5) is 35.0. The summed E-state index contributed by atoms with van der Waals surface area (Å²) in [6, 6.07) is 2.08. The number of carboxylic acids is 1. The van der Waals surface area contributed by atoms with Crippen molar-refractivity contribution in [3.8, 4) is 0 Å². The van der Waals surface area contributed by atoms with Crippen LogP contribution in [0.15, 0.2) is 12.1 Å². The number of β-amino-alcohol motifs (C(OH)–C–C–N with tert-alkyl or cyclic N) is 1. The summed E-state index contributed by atoms with van der Waals surface area (Å²) < 4.78 is 13.8. The predicted octanol–water partition coefficient (Wildman–Crippen LogP) is 0.844. The number of hydrogen-bond acceptors (Lipinski definition) is 4. The fourth-order valence-electron chi connectivity index (χ4n) is 1.88. The van der Waals surface area contributed by atoms with Gasteiger partial charge in [-0.3, -0.25) is 14.5 Å². The summed E-state index contributed by atoms with van der Waals surface area (Å²) in [6.45, 7) is 0.171. The number of carboxylic acid groups (broad SMARTS) is 1. The van der Waals surface area contributed by atoms with E-state index in [1.165, 1.54) is 0 Å². The maximum absolute atomic E-state index is 13.8. The summed E-state index contributed by atoms with van der Waals surface area (Å²) in [7, 11) is 0. The van der Waals surface area contributed by atoms with Gasteiger partial charge < -0.3 is 10.2 Å². The molecule has 6 nitrogen and oxygen atoms in total. The molecule has 0 spiro atoms. The molecule has 106 valence electrons. The van der Waals surface area contributed by atoms with Crippen LogP contribution in [0.2, 0.25) is 5.02 Å². The van der Waals surface area contributed by atoms with Gasteiger partial charge in [-0.15, -0.1) is 0 Å². The Bertz CT molecular complexity index is 643. The molecule has 1 aliphatic rings. The van der Waals surface area contributed by atoms with Gasteiger partial charge in [0, 0.05) is 0 Å². The molecule has 0 aromatic heterocycles. The first-order chi connectivity index (χ1) is 9.16. The zero-order valence-corrected chi connectivity index (χ0v) is 10.9. The van der Waals surface area contributed by atoms with Crippen LogP contribution < -0.4 is 4.90 Å². The number of carbonyl (C=O) groups excluding carboxylic acids is 2. The number of hydrogen-bond donors (Lipinski definition) is 2.